The Bertz CT molecular complexity index is 158. The van der Waals surface area contributed by atoms with Gasteiger partial charge in [-0.1, -0.05) is 0 Å². The molecule has 1 N–H and O–H groups in total. The Morgan fingerprint density at radius 3 is 3.30 bits per heavy atom. The molecule has 0 aromatic carbocycles. The molecule has 0 saturated carbocycles. The minimum absolute atomic E-state index is 0.225. The van der Waals surface area contributed by atoms with E-state index < -0.39 is 0 Å². The molecule has 56 valence electrons. The van der Waals surface area contributed by atoms with E-state index in [-0.39, 0.29) is 5.91 Å². The molecule has 1 amide bonds. The SMILES string of the molecule is O=C1CCN2CCC[C@@H]2N1. The van der Waals surface area contributed by atoms with E-state index in [1.807, 2.05) is 0 Å². The zero-order valence-corrected chi connectivity index (χ0v) is 5.97. The Labute approximate surface area is 60.4 Å². The average molecular weight is 140 g/mol. The molecular formula is C7H12N2O. The third-order valence-corrected chi connectivity index (χ3v) is 2.32. The number of hydrogen-bond donors (Lipinski definition) is 1. The van der Waals surface area contributed by atoms with E-state index in [1.165, 1.54) is 13.0 Å². The lowest BCUT2D eigenvalue weighted by atomic mass is 10.2. The van der Waals surface area contributed by atoms with Crippen molar-refractivity contribution in [2.45, 2.75) is 25.4 Å². The van der Waals surface area contributed by atoms with Gasteiger partial charge in [0.25, 0.3) is 0 Å². The summed E-state index contributed by atoms with van der Waals surface area (Å²) in [6.07, 6.45) is 3.45. The average Bonchev–Trinajstić information content (AvgIpc) is 2.33. The minimum atomic E-state index is 0.225. The van der Waals surface area contributed by atoms with Gasteiger partial charge in [-0.2, -0.15) is 0 Å². The molecule has 0 aromatic heterocycles. The van der Waals surface area contributed by atoms with Crippen molar-refractivity contribution in [1.82, 2.24) is 10.2 Å². The van der Waals surface area contributed by atoms with E-state index in [1.54, 1.807) is 0 Å². The van der Waals surface area contributed by atoms with Crippen LogP contribution in [0, 0.1) is 0 Å². The van der Waals surface area contributed by atoms with Crippen LogP contribution in [0.1, 0.15) is 19.3 Å². The highest BCUT2D eigenvalue weighted by Crippen LogP contribution is 2.17. The molecule has 0 bridgehead atoms. The predicted molar refractivity (Wildman–Crippen MR) is 37.4 cm³/mol. The molecule has 0 aliphatic carbocycles. The summed E-state index contributed by atoms with van der Waals surface area (Å²) in [5.41, 5.74) is 0. The number of fused-ring (bicyclic) bond motifs is 1. The van der Waals surface area contributed by atoms with Crippen LogP contribution in [-0.4, -0.2) is 30.1 Å². The molecule has 2 aliphatic heterocycles. The van der Waals surface area contributed by atoms with Gasteiger partial charge in [0.15, 0.2) is 0 Å². The van der Waals surface area contributed by atoms with Gasteiger partial charge in [0, 0.05) is 19.5 Å². The van der Waals surface area contributed by atoms with Crippen LogP contribution in [0.15, 0.2) is 0 Å². The first-order valence-corrected chi connectivity index (χ1v) is 3.90. The second kappa shape index (κ2) is 2.23. The normalized spacial score (nSPS) is 33.6. The highest BCUT2D eigenvalue weighted by molar-refractivity contribution is 5.77. The number of rotatable bonds is 0. The maximum Gasteiger partial charge on any atom is 0.222 e. The zero-order valence-electron chi connectivity index (χ0n) is 5.97. The molecule has 2 saturated heterocycles. The van der Waals surface area contributed by atoms with Crippen molar-refractivity contribution in [2.75, 3.05) is 13.1 Å². The fraction of sp³-hybridized carbons (Fsp3) is 0.857. The van der Waals surface area contributed by atoms with Gasteiger partial charge in [-0.3, -0.25) is 9.69 Å². The van der Waals surface area contributed by atoms with Crippen molar-refractivity contribution < 1.29 is 4.79 Å². The molecule has 10 heavy (non-hydrogen) atoms. The summed E-state index contributed by atoms with van der Waals surface area (Å²) >= 11 is 0. The fourth-order valence-electron chi connectivity index (χ4n) is 1.76. The number of hydrogen-bond acceptors (Lipinski definition) is 2. The van der Waals surface area contributed by atoms with Gasteiger partial charge < -0.3 is 5.32 Å². The van der Waals surface area contributed by atoms with Gasteiger partial charge in [0.05, 0.1) is 6.17 Å². The van der Waals surface area contributed by atoms with E-state index in [0.29, 0.717) is 12.6 Å². The summed E-state index contributed by atoms with van der Waals surface area (Å²) in [4.78, 5) is 13.2. The van der Waals surface area contributed by atoms with Crippen LogP contribution in [0.25, 0.3) is 0 Å². The molecule has 0 aromatic rings. The zero-order chi connectivity index (χ0) is 6.97. The first-order valence-electron chi connectivity index (χ1n) is 3.90. The molecule has 2 aliphatic rings. The van der Waals surface area contributed by atoms with Crippen molar-refractivity contribution in [1.29, 1.82) is 0 Å². The Morgan fingerprint density at radius 1 is 1.50 bits per heavy atom. The quantitative estimate of drug-likeness (QED) is 0.510. The molecular weight excluding hydrogens is 128 g/mol. The van der Waals surface area contributed by atoms with E-state index in [4.69, 9.17) is 0 Å². The second-order valence-corrected chi connectivity index (χ2v) is 3.01. The number of amides is 1. The van der Waals surface area contributed by atoms with Crippen LogP contribution in [0.5, 0.6) is 0 Å². The summed E-state index contributed by atoms with van der Waals surface area (Å²) in [5.74, 6) is 0.225. The second-order valence-electron chi connectivity index (χ2n) is 3.01. The van der Waals surface area contributed by atoms with Gasteiger partial charge in [-0.05, 0) is 12.8 Å². The molecule has 0 radical (unpaired) electrons. The maximum absolute atomic E-state index is 10.9. The van der Waals surface area contributed by atoms with Crippen molar-refractivity contribution in [3.05, 3.63) is 0 Å². The highest BCUT2D eigenvalue weighted by atomic mass is 16.2. The van der Waals surface area contributed by atoms with Gasteiger partial charge in [-0.15, -0.1) is 0 Å². The molecule has 3 heteroatoms. The molecule has 2 fully saturated rings. The van der Waals surface area contributed by atoms with Gasteiger partial charge in [0.1, 0.15) is 0 Å². The third kappa shape index (κ3) is 0.904. The van der Waals surface area contributed by atoms with E-state index >= 15 is 0 Å². The predicted octanol–water partition coefficient (Wildman–Crippen LogP) is -0.0718. The lowest BCUT2D eigenvalue weighted by Gasteiger charge is -2.29. The van der Waals surface area contributed by atoms with Crippen LogP contribution in [0.3, 0.4) is 0 Å². The van der Waals surface area contributed by atoms with Crippen molar-refractivity contribution in [2.24, 2.45) is 0 Å². The third-order valence-electron chi connectivity index (χ3n) is 2.32. The molecule has 1 atom stereocenters. The number of nitrogens with one attached hydrogen (secondary N) is 1. The summed E-state index contributed by atoms with van der Waals surface area (Å²) < 4.78 is 0. The summed E-state index contributed by atoms with van der Waals surface area (Å²) in [5, 5.41) is 2.97. The van der Waals surface area contributed by atoms with E-state index in [0.717, 1.165) is 13.0 Å². The number of carbonyl (C=O) groups excluding carboxylic acids is 1. The molecule has 2 heterocycles. The Kier molecular flexibility index (Phi) is 1.38. The monoisotopic (exact) mass is 140 g/mol. The lowest BCUT2D eigenvalue weighted by Crippen LogP contribution is -2.50. The van der Waals surface area contributed by atoms with Crippen LogP contribution in [0.4, 0.5) is 0 Å². The maximum atomic E-state index is 10.9. The molecule has 0 unspecified atom stereocenters. The van der Waals surface area contributed by atoms with Crippen molar-refractivity contribution >= 4 is 5.91 Å². The van der Waals surface area contributed by atoms with Gasteiger partial charge in [0.2, 0.25) is 5.91 Å². The van der Waals surface area contributed by atoms with E-state index in [9.17, 15) is 4.79 Å². The Hall–Kier alpha value is -0.570. The summed E-state index contributed by atoms with van der Waals surface area (Å²) in [6, 6.07) is 0. The van der Waals surface area contributed by atoms with Crippen molar-refractivity contribution in [3.8, 4) is 0 Å². The smallest absolute Gasteiger partial charge is 0.222 e. The molecule has 0 spiro atoms. The standard InChI is InChI=1S/C7H12N2O/c10-7-3-5-9-4-1-2-6(9)8-7/h6H,1-5H2,(H,8,10)/t6-/m1/s1. The van der Waals surface area contributed by atoms with Crippen molar-refractivity contribution in [3.63, 3.8) is 0 Å². The summed E-state index contributed by atoms with van der Waals surface area (Å²) in [6.45, 7) is 2.14. The lowest BCUT2D eigenvalue weighted by molar-refractivity contribution is -0.125. The molecule has 2 rings (SSSR count). The summed E-state index contributed by atoms with van der Waals surface area (Å²) in [7, 11) is 0. The first-order chi connectivity index (χ1) is 4.86. The topological polar surface area (TPSA) is 32.3 Å². The van der Waals surface area contributed by atoms with Gasteiger partial charge >= 0.3 is 0 Å². The fourth-order valence-corrected chi connectivity index (χ4v) is 1.76. The Morgan fingerprint density at radius 2 is 2.40 bits per heavy atom. The van der Waals surface area contributed by atoms with Crippen LogP contribution in [-0.2, 0) is 4.79 Å². The molecule has 3 nitrogen and oxygen atoms in total. The van der Waals surface area contributed by atoms with Crippen LogP contribution < -0.4 is 5.32 Å². The van der Waals surface area contributed by atoms with Crippen LogP contribution >= 0.6 is 0 Å². The highest BCUT2D eigenvalue weighted by Gasteiger charge is 2.29. The number of nitrogens with zero attached hydrogens (tertiary/aromatic N) is 1. The Balaban J connectivity index is 2.03. The number of carbonyl (C=O) groups is 1. The van der Waals surface area contributed by atoms with Gasteiger partial charge in [-0.25, -0.2) is 0 Å². The van der Waals surface area contributed by atoms with E-state index in [2.05, 4.69) is 10.2 Å². The first kappa shape index (κ1) is 6.16. The minimum Gasteiger partial charge on any atom is -0.341 e. The largest absolute Gasteiger partial charge is 0.341 e. The van der Waals surface area contributed by atoms with Crippen LogP contribution in [0.2, 0.25) is 0 Å².